The van der Waals surface area contributed by atoms with Crippen LogP contribution < -0.4 is 10.1 Å². The Balaban J connectivity index is 1.82. The molecule has 2 aromatic carbocycles. The Labute approximate surface area is 157 Å². The van der Waals surface area contributed by atoms with Gasteiger partial charge in [-0.2, -0.15) is 0 Å². The minimum atomic E-state index is -1.74. The first-order valence-corrected chi connectivity index (χ1v) is 11.9. The fourth-order valence-corrected chi connectivity index (χ4v) is 3.23. The maximum atomic E-state index is 14.2. The zero-order valence-corrected chi connectivity index (χ0v) is 17.4. The number of hydrogen-bond acceptors (Lipinski definition) is 3. The van der Waals surface area contributed by atoms with Crippen LogP contribution in [0.15, 0.2) is 48.5 Å². The molecule has 5 heteroatoms. The summed E-state index contributed by atoms with van der Waals surface area (Å²) >= 11 is 0. The van der Waals surface area contributed by atoms with Crippen molar-refractivity contribution in [1.29, 1.82) is 0 Å². The van der Waals surface area contributed by atoms with Crippen LogP contribution in [0.4, 0.5) is 10.1 Å². The van der Waals surface area contributed by atoms with Gasteiger partial charge in [-0.15, -0.1) is 0 Å². The van der Waals surface area contributed by atoms with E-state index in [-0.39, 0.29) is 16.6 Å². The van der Waals surface area contributed by atoms with Gasteiger partial charge in [-0.1, -0.05) is 51.1 Å². The van der Waals surface area contributed by atoms with Crippen molar-refractivity contribution >= 4 is 14.0 Å². The molecule has 0 saturated carbocycles. The number of anilines is 1. The number of hydrogen-bond donors (Lipinski definition) is 1. The van der Waals surface area contributed by atoms with Gasteiger partial charge in [0.15, 0.2) is 19.9 Å². The summed E-state index contributed by atoms with van der Waals surface area (Å²) in [6.07, 6.45) is 0. The van der Waals surface area contributed by atoms with Gasteiger partial charge in [-0.3, -0.25) is 0 Å². The summed E-state index contributed by atoms with van der Waals surface area (Å²) in [4.78, 5) is 0. The predicted octanol–water partition coefficient (Wildman–Crippen LogP) is 5.84. The lowest BCUT2D eigenvalue weighted by molar-refractivity contribution is 0.290. The van der Waals surface area contributed by atoms with Gasteiger partial charge in [0.1, 0.15) is 6.61 Å². The normalized spacial score (nSPS) is 12.1. The minimum absolute atomic E-state index is 0.191. The van der Waals surface area contributed by atoms with Crippen LogP contribution in [0, 0.1) is 5.82 Å². The Kier molecular flexibility index (Phi) is 6.84. The van der Waals surface area contributed by atoms with E-state index in [4.69, 9.17) is 9.16 Å². The molecule has 0 aliphatic carbocycles. The van der Waals surface area contributed by atoms with Crippen LogP contribution in [0.3, 0.4) is 0 Å². The van der Waals surface area contributed by atoms with Crippen LogP contribution >= 0.6 is 0 Å². The van der Waals surface area contributed by atoms with Crippen molar-refractivity contribution in [2.24, 2.45) is 0 Å². The Morgan fingerprint density at radius 1 is 1.04 bits per heavy atom. The Morgan fingerprint density at radius 2 is 1.73 bits per heavy atom. The molecule has 0 aromatic heterocycles. The number of nitrogens with one attached hydrogen (secondary N) is 1. The molecule has 0 saturated heterocycles. The average molecular weight is 376 g/mol. The summed E-state index contributed by atoms with van der Waals surface area (Å²) in [5, 5.41) is 3.40. The number of ether oxygens (including phenoxy) is 1. The number of rotatable bonds is 8. The summed E-state index contributed by atoms with van der Waals surface area (Å²) < 4.78 is 25.9. The largest absolute Gasteiger partial charge is 0.486 e. The summed E-state index contributed by atoms with van der Waals surface area (Å²) in [6.45, 7) is 12.7. The van der Waals surface area contributed by atoms with E-state index < -0.39 is 8.32 Å². The topological polar surface area (TPSA) is 30.5 Å². The van der Waals surface area contributed by atoms with Gasteiger partial charge in [0.2, 0.25) is 0 Å². The molecule has 0 aliphatic rings. The van der Waals surface area contributed by atoms with Crippen molar-refractivity contribution in [3.63, 3.8) is 0 Å². The molecule has 0 aliphatic heterocycles. The third-order valence-corrected chi connectivity index (χ3v) is 9.41. The SMILES string of the molecule is CC(C)(C)[Si](C)(C)OCCNc1ccc(OCc2ccccc2)c(F)c1. The van der Waals surface area contributed by atoms with Crippen molar-refractivity contribution in [3.8, 4) is 5.75 Å². The highest BCUT2D eigenvalue weighted by Gasteiger charge is 2.36. The van der Waals surface area contributed by atoms with Crippen molar-refractivity contribution < 1.29 is 13.6 Å². The van der Waals surface area contributed by atoms with Crippen molar-refractivity contribution in [2.75, 3.05) is 18.5 Å². The van der Waals surface area contributed by atoms with Crippen LogP contribution in [-0.2, 0) is 11.0 Å². The molecule has 26 heavy (non-hydrogen) atoms. The molecule has 0 atom stereocenters. The molecule has 0 unspecified atom stereocenters. The van der Waals surface area contributed by atoms with Gasteiger partial charge in [-0.25, -0.2) is 4.39 Å². The van der Waals surface area contributed by atoms with E-state index in [9.17, 15) is 4.39 Å². The molecule has 0 radical (unpaired) electrons. The van der Waals surface area contributed by atoms with E-state index in [1.807, 2.05) is 36.4 Å². The second kappa shape index (κ2) is 8.69. The van der Waals surface area contributed by atoms with Crippen LogP contribution in [0.25, 0.3) is 0 Å². The number of halogens is 1. The lowest BCUT2D eigenvalue weighted by Crippen LogP contribution is -2.41. The van der Waals surface area contributed by atoms with Gasteiger partial charge in [0.05, 0.1) is 6.61 Å². The predicted molar refractivity (Wildman–Crippen MR) is 109 cm³/mol. The van der Waals surface area contributed by atoms with Crippen LogP contribution in [0.2, 0.25) is 18.1 Å². The van der Waals surface area contributed by atoms with Gasteiger partial charge in [0.25, 0.3) is 0 Å². The first-order valence-electron chi connectivity index (χ1n) is 9.03. The summed E-state index contributed by atoms with van der Waals surface area (Å²) in [5.41, 5.74) is 1.74. The van der Waals surface area contributed by atoms with Gasteiger partial charge < -0.3 is 14.5 Å². The van der Waals surface area contributed by atoms with Gasteiger partial charge in [0, 0.05) is 18.3 Å². The fraction of sp³-hybridized carbons (Fsp3) is 0.429. The zero-order valence-electron chi connectivity index (χ0n) is 16.4. The summed E-state index contributed by atoms with van der Waals surface area (Å²) in [7, 11) is -1.74. The molecule has 2 aromatic rings. The maximum Gasteiger partial charge on any atom is 0.192 e. The molecule has 0 fully saturated rings. The molecule has 142 valence electrons. The Morgan fingerprint density at radius 3 is 2.35 bits per heavy atom. The van der Waals surface area contributed by atoms with Gasteiger partial charge in [-0.05, 0) is 35.8 Å². The van der Waals surface area contributed by atoms with E-state index in [1.54, 1.807) is 6.07 Å². The summed E-state index contributed by atoms with van der Waals surface area (Å²) in [6, 6.07) is 14.7. The lowest BCUT2D eigenvalue weighted by Gasteiger charge is -2.36. The van der Waals surface area contributed by atoms with E-state index in [0.717, 1.165) is 11.3 Å². The third-order valence-electron chi connectivity index (χ3n) is 4.87. The lowest BCUT2D eigenvalue weighted by atomic mass is 10.2. The monoisotopic (exact) mass is 375 g/mol. The second-order valence-electron chi connectivity index (χ2n) is 7.96. The molecular formula is C21H30FNO2Si. The second-order valence-corrected chi connectivity index (χ2v) is 12.8. The molecule has 0 spiro atoms. The smallest absolute Gasteiger partial charge is 0.192 e. The van der Waals surface area contributed by atoms with Gasteiger partial charge >= 0.3 is 0 Å². The minimum Gasteiger partial charge on any atom is -0.486 e. The summed E-state index contributed by atoms with van der Waals surface area (Å²) in [5.74, 6) is -0.104. The third kappa shape index (κ3) is 5.85. The van der Waals surface area contributed by atoms with Crippen molar-refractivity contribution in [3.05, 3.63) is 59.9 Å². The molecule has 0 heterocycles. The van der Waals surface area contributed by atoms with Crippen LogP contribution in [0.5, 0.6) is 5.75 Å². The van der Waals surface area contributed by atoms with Crippen molar-refractivity contribution in [1.82, 2.24) is 0 Å². The van der Waals surface area contributed by atoms with Crippen molar-refractivity contribution in [2.45, 2.75) is 45.5 Å². The molecule has 2 rings (SSSR count). The molecular weight excluding hydrogens is 345 g/mol. The molecule has 0 amide bonds. The van der Waals surface area contributed by atoms with E-state index >= 15 is 0 Å². The number of benzene rings is 2. The highest BCUT2D eigenvalue weighted by Crippen LogP contribution is 2.36. The highest BCUT2D eigenvalue weighted by molar-refractivity contribution is 6.74. The molecule has 0 bridgehead atoms. The quantitative estimate of drug-likeness (QED) is 0.464. The van der Waals surface area contributed by atoms with E-state index in [2.05, 4.69) is 39.2 Å². The average Bonchev–Trinajstić information content (AvgIpc) is 2.58. The highest BCUT2D eigenvalue weighted by atomic mass is 28.4. The van der Waals surface area contributed by atoms with E-state index in [0.29, 0.717) is 19.8 Å². The first-order chi connectivity index (χ1) is 12.2. The van der Waals surface area contributed by atoms with Crippen LogP contribution in [-0.4, -0.2) is 21.5 Å². The Hall–Kier alpha value is -1.85. The fourth-order valence-electron chi connectivity index (χ4n) is 2.18. The standard InChI is InChI=1S/C21H30FNO2Si/c1-21(2,3)26(4,5)25-14-13-23-18-11-12-20(19(22)15-18)24-16-17-9-7-6-8-10-17/h6-12,15,23H,13-14,16H2,1-5H3. The molecule has 1 N–H and O–H groups in total. The maximum absolute atomic E-state index is 14.2. The first kappa shape index (κ1) is 20.5. The van der Waals surface area contributed by atoms with E-state index in [1.165, 1.54) is 6.07 Å². The zero-order chi connectivity index (χ0) is 19.2. The Bertz CT molecular complexity index is 699. The molecule has 3 nitrogen and oxygen atoms in total. The van der Waals surface area contributed by atoms with Crippen LogP contribution in [0.1, 0.15) is 26.3 Å².